The summed E-state index contributed by atoms with van der Waals surface area (Å²) >= 11 is 0. The number of hydrogen-bond acceptors (Lipinski definition) is 5. The summed E-state index contributed by atoms with van der Waals surface area (Å²) in [5.41, 5.74) is 5.57. The molecule has 0 fully saturated rings. The van der Waals surface area contributed by atoms with Crippen LogP contribution in [-0.2, 0) is 0 Å². The lowest BCUT2D eigenvalue weighted by Crippen LogP contribution is -2.00. The number of benzene rings is 1. The van der Waals surface area contributed by atoms with Gasteiger partial charge in [-0.2, -0.15) is 10.2 Å². The maximum absolute atomic E-state index is 9.20. The molecule has 6 heteroatoms. The summed E-state index contributed by atoms with van der Waals surface area (Å²) in [6.45, 7) is 3.91. The van der Waals surface area contributed by atoms with Gasteiger partial charge in [0.2, 0.25) is 5.88 Å². The first-order chi connectivity index (χ1) is 12.1. The zero-order valence-corrected chi connectivity index (χ0v) is 14.1. The molecule has 0 saturated heterocycles. The van der Waals surface area contributed by atoms with Crippen molar-refractivity contribution in [2.75, 3.05) is 7.11 Å². The fourth-order valence-corrected chi connectivity index (χ4v) is 3.10. The Morgan fingerprint density at radius 3 is 2.60 bits per heavy atom. The maximum atomic E-state index is 9.20. The van der Waals surface area contributed by atoms with Gasteiger partial charge in [0.1, 0.15) is 11.3 Å². The number of nitriles is 1. The molecule has 3 heterocycles. The van der Waals surface area contributed by atoms with Crippen LogP contribution in [0.15, 0.2) is 36.4 Å². The van der Waals surface area contributed by atoms with Gasteiger partial charge in [0, 0.05) is 11.6 Å². The lowest BCUT2D eigenvalue weighted by Gasteiger charge is -2.09. The van der Waals surface area contributed by atoms with Gasteiger partial charge >= 0.3 is 0 Å². The number of rotatable bonds is 2. The van der Waals surface area contributed by atoms with Crippen molar-refractivity contribution in [2.24, 2.45) is 0 Å². The first kappa shape index (κ1) is 15.1. The molecule has 6 nitrogen and oxygen atoms in total. The van der Waals surface area contributed by atoms with E-state index in [4.69, 9.17) is 9.72 Å². The van der Waals surface area contributed by atoms with E-state index in [2.05, 4.69) is 16.0 Å². The molecule has 122 valence electrons. The average Bonchev–Trinajstić information content (AvgIpc) is 3.00. The van der Waals surface area contributed by atoms with Crippen molar-refractivity contribution in [3.05, 3.63) is 53.3 Å². The Kier molecular flexibility index (Phi) is 3.36. The molecule has 0 spiro atoms. The molecule has 0 unspecified atom stereocenters. The van der Waals surface area contributed by atoms with E-state index in [0.717, 1.165) is 33.8 Å². The molecule has 0 radical (unpaired) electrons. The van der Waals surface area contributed by atoms with Gasteiger partial charge in [-0.15, -0.1) is 0 Å². The molecular formula is C19H15N5O. The molecule has 0 aliphatic carbocycles. The number of nitrogens with zero attached hydrogens (tertiary/aromatic N) is 5. The van der Waals surface area contributed by atoms with Crippen molar-refractivity contribution in [3.8, 4) is 23.3 Å². The second kappa shape index (κ2) is 5.56. The number of pyridine rings is 1. The first-order valence-electron chi connectivity index (χ1n) is 7.83. The van der Waals surface area contributed by atoms with Crippen molar-refractivity contribution in [2.45, 2.75) is 13.8 Å². The third kappa shape index (κ3) is 2.29. The average molecular weight is 329 g/mol. The Hall–Kier alpha value is -3.46. The van der Waals surface area contributed by atoms with Gasteiger partial charge in [0.15, 0.2) is 5.65 Å². The molecule has 4 aromatic rings. The monoisotopic (exact) mass is 329 g/mol. The minimum absolute atomic E-state index is 0.516. The number of ether oxygens (including phenoxy) is 1. The summed E-state index contributed by atoms with van der Waals surface area (Å²) in [6, 6.07) is 13.3. The second-order valence-electron chi connectivity index (χ2n) is 5.79. The molecule has 0 aliphatic rings. The van der Waals surface area contributed by atoms with Crippen molar-refractivity contribution < 1.29 is 4.74 Å². The fraction of sp³-hybridized carbons (Fsp3) is 0.158. The van der Waals surface area contributed by atoms with E-state index >= 15 is 0 Å². The smallest absolute Gasteiger partial charge is 0.215 e. The van der Waals surface area contributed by atoms with E-state index in [9.17, 15) is 5.26 Å². The molecule has 1 aromatic carbocycles. The molecule has 3 aromatic heterocycles. The highest BCUT2D eigenvalue weighted by Crippen LogP contribution is 2.28. The second-order valence-corrected chi connectivity index (χ2v) is 5.79. The molecule has 25 heavy (non-hydrogen) atoms. The Morgan fingerprint density at radius 2 is 1.84 bits per heavy atom. The highest BCUT2D eigenvalue weighted by atomic mass is 16.5. The number of imidazole rings is 1. The van der Waals surface area contributed by atoms with Crippen LogP contribution in [0.5, 0.6) is 5.88 Å². The molecule has 0 aliphatic heterocycles. The predicted octanol–water partition coefficient (Wildman–Crippen LogP) is 3.44. The summed E-state index contributed by atoms with van der Waals surface area (Å²) in [6.07, 6.45) is 0. The number of methoxy groups -OCH3 is 1. The van der Waals surface area contributed by atoms with Crippen LogP contribution in [-0.4, -0.2) is 26.5 Å². The summed E-state index contributed by atoms with van der Waals surface area (Å²) in [5.74, 6) is 1.25. The van der Waals surface area contributed by atoms with E-state index in [-0.39, 0.29) is 0 Å². The molecule has 0 atom stereocenters. The van der Waals surface area contributed by atoms with Crippen LogP contribution in [0, 0.1) is 25.2 Å². The Morgan fingerprint density at radius 1 is 1.04 bits per heavy atom. The van der Waals surface area contributed by atoms with E-state index in [1.807, 2.05) is 42.5 Å². The zero-order chi connectivity index (χ0) is 17.6. The van der Waals surface area contributed by atoms with Gasteiger partial charge in [-0.05, 0) is 32.0 Å². The van der Waals surface area contributed by atoms with Crippen LogP contribution in [0.2, 0.25) is 0 Å². The van der Waals surface area contributed by atoms with Crippen LogP contribution in [0.4, 0.5) is 0 Å². The number of hydrogen-bond donors (Lipinski definition) is 0. The molecule has 0 amide bonds. The highest BCUT2D eigenvalue weighted by molar-refractivity contribution is 5.81. The first-order valence-corrected chi connectivity index (χ1v) is 7.83. The molecule has 0 bridgehead atoms. The summed E-state index contributed by atoms with van der Waals surface area (Å²) in [4.78, 5) is 14.0. The molecular weight excluding hydrogens is 314 g/mol. The van der Waals surface area contributed by atoms with Gasteiger partial charge in [-0.1, -0.05) is 12.1 Å². The Labute approximate surface area is 144 Å². The van der Waals surface area contributed by atoms with Gasteiger partial charge in [0.25, 0.3) is 0 Å². The minimum Gasteiger partial charge on any atom is -0.481 e. The van der Waals surface area contributed by atoms with E-state index < -0.39 is 0 Å². The summed E-state index contributed by atoms with van der Waals surface area (Å²) < 4.78 is 7.27. The largest absolute Gasteiger partial charge is 0.481 e. The number of aryl methyl sites for hydroxylation is 2. The minimum atomic E-state index is 0.516. The van der Waals surface area contributed by atoms with E-state index in [0.29, 0.717) is 17.1 Å². The van der Waals surface area contributed by atoms with Crippen molar-refractivity contribution in [3.63, 3.8) is 0 Å². The standard InChI is InChI=1S/C19H15N5O/c1-11-17-12(2)22-18(14-6-4-5-13(9-14)10-20)24(17)19-15(21-11)7-8-16(23-19)25-3/h4-9H,1-3H3. The van der Waals surface area contributed by atoms with Gasteiger partial charge in [-0.3, -0.25) is 4.40 Å². The predicted molar refractivity (Wildman–Crippen MR) is 94.5 cm³/mol. The zero-order valence-electron chi connectivity index (χ0n) is 14.1. The van der Waals surface area contributed by atoms with Crippen molar-refractivity contribution in [1.82, 2.24) is 19.4 Å². The lowest BCUT2D eigenvalue weighted by molar-refractivity contribution is 0.399. The van der Waals surface area contributed by atoms with Crippen LogP contribution in [0.1, 0.15) is 17.0 Å². The van der Waals surface area contributed by atoms with Crippen LogP contribution < -0.4 is 4.74 Å². The molecule has 0 saturated carbocycles. The Bertz CT molecular complexity index is 1170. The maximum Gasteiger partial charge on any atom is 0.215 e. The van der Waals surface area contributed by atoms with E-state index in [1.54, 1.807) is 19.2 Å². The van der Waals surface area contributed by atoms with E-state index in [1.165, 1.54) is 0 Å². The van der Waals surface area contributed by atoms with Crippen molar-refractivity contribution >= 4 is 16.7 Å². The van der Waals surface area contributed by atoms with Gasteiger partial charge in [-0.25, -0.2) is 9.97 Å². The van der Waals surface area contributed by atoms with Crippen LogP contribution in [0.3, 0.4) is 0 Å². The van der Waals surface area contributed by atoms with Gasteiger partial charge < -0.3 is 4.74 Å². The normalized spacial score (nSPS) is 11.0. The van der Waals surface area contributed by atoms with Crippen molar-refractivity contribution in [1.29, 1.82) is 5.26 Å². The lowest BCUT2D eigenvalue weighted by atomic mass is 10.1. The topological polar surface area (TPSA) is 76.1 Å². The summed E-state index contributed by atoms with van der Waals surface area (Å²) in [7, 11) is 1.59. The van der Waals surface area contributed by atoms with Crippen LogP contribution in [0.25, 0.3) is 28.1 Å². The Balaban J connectivity index is 2.16. The fourth-order valence-electron chi connectivity index (χ4n) is 3.10. The third-order valence-corrected chi connectivity index (χ3v) is 4.18. The number of aromatic nitrogens is 4. The van der Waals surface area contributed by atoms with Crippen LogP contribution >= 0.6 is 0 Å². The highest BCUT2D eigenvalue weighted by Gasteiger charge is 2.17. The van der Waals surface area contributed by atoms with Gasteiger partial charge in [0.05, 0.1) is 35.6 Å². The third-order valence-electron chi connectivity index (χ3n) is 4.18. The number of fused-ring (bicyclic) bond motifs is 3. The SMILES string of the molecule is COc1ccc2nc(C)c3c(C)nc(-c4cccc(C#N)c4)n3c2n1. The molecule has 0 N–H and O–H groups in total. The quantitative estimate of drug-likeness (QED) is 0.563. The summed E-state index contributed by atoms with van der Waals surface area (Å²) in [5, 5.41) is 9.20. The molecule has 4 rings (SSSR count).